The first kappa shape index (κ1) is 14.4. The Morgan fingerprint density at radius 1 is 1.27 bits per heavy atom. The highest BCUT2D eigenvalue weighted by Crippen LogP contribution is 2.61. The molecule has 2 N–H and O–H groups in total. The van der Waals surface area contributed by atoms with Crippen LogP contribution in [0.15, 0.2) is 12.1 Å². The van der Waals surface area contributed by atoms with E-state index in [2.05, 4.69) is 0 Å². The Balaban J connectivity index is 1.73. The van der Waals surface area contributed by atoms with Gasteiger partial charge in [0.1, 0.15) is 6.17 Å². The van der Waals surface area contributed by atoms with Crippen LogP contribution in [-0.2, 0) is 6.42 Å². The number of alkyl halides is 1. The molecule has 4 heteroatoms. The van der Waals surface area contributed by atoms with Gasteiger partial charge in [-0.15, -0.1) is 0 Å². The minimum absolute atomic E-state index is 0.168. The van der Waals surface area contributed by atoms with Gasteiger partial charge in [-0.1, -0.05) is 6.92 Å². The Labute approximate surface area is 129 Å². The number of benzene rings is 1. The van der Waals surface area contributed by atoms with E-state index in [1.165, 1.54) is 6.07 Å². The second-order valence-corrected chi connectivity index (χ2v) is 7.66. The normalized spacial score (nSPS) is 43.4. The van der Waals surface area contributed by atoms with E-state index in [0.717, 1.165) is 36.8 Å². The molecule has 22 heavy (non-hydrogen) atoms. The summed E-state index contributed by atoms with van der Waals surface area (Å²) in [6, 6.07) is 3.03. The summed E-state index contributed by atoms with van der Waals surface area (Å²) in [6.07, 6.45) is 1.80. The van der Waals surface area contributed by atoms with Crippen molar-refractivity contribution in [1.29, 1.82) is 0 Å². The van der Waals surface area contributed by atoms with Gasteiger partial charge in [0.05, 0.1) is 6.10 Å². The molecule has 0 aromatic heterocycles. The number of phenols is 1. The largest absolute Gasteiger partial charge is 0.505 e. The molecular weight excluding hydrogens is 286 g/mol. The van der Waals surface area contributed by atoms with Crippen molar-refractivity contribution in [2.24, 2.45) is 17.3 Å². The van der Waals surface area contributed by atoms with Crippen LogP contribution in [0.4, 0.5) is 8.78 Å². The molecule has 4 rings (SSSR count). The Kier molecular flexibility index (Phi) is 3.06. The van der Waals surface area contributed by atoms with E-state index in [-0.39, 0.29) is 23.0 Å². The fourth-order valence-corrected chi connectivity index (χ4v) is 5.52. The van der Waals surface area contributed by atoms with Crippen LogP contribution in [0, 0.1) is 23.1 Å². The van der Waals surface area contributed by atoms with E-state index in [0.29, 0.717) is 12.3 Å². The molecular formula is C18H22F2O2. The monoisotopic (exact) mass is 308 g/mol. The number of halogens is 2. The molecule has 6 atom stereocenters. The van der Waals surface area contributed by atoms with Gasteiger partial charge in [0.15, 0.2) is 11.6 Å². The Morgan fingerprint density at radius 3 is 2.82 bits per heavy atom. The summed E-state index contributed by atoms with van der Waals surface area (Å²) >= 11 is 0. The lowest BCUT2D eigenvalue weighted by molar-refractivity contribution is -0.0365. The molecule has 1 aromatic rings. The maximum Gasteiger partial charge on any atom is 0.165 e. The highest BCUT2D eigenvalue weighted by Gasteiger charge is 2.58. The zero-order valence-corrected chi connectivity index (χ0v) is 12.7. The fraction of sp³-hybridized carbons (Fsp3) is 0.667. The summed E-state index contributed by atoms with van der Waals surface area (Å²) in [5.41, 5.74) is 1.68. The van der Waals surface area contributed by atoms with E-state index >= 15 is 0 Å². The number of aromatic hydroxyl groups is 1. The highest BCUT2D eigenvalue weighted by molar-refractivity contribution is 5.41. The van der Waals surface area contributed by atoms with Gasteiger partial charge in [-0.25, -0.2) is 8.78 Å². The third-order valence-corrected chi connectivity index (χ3v) is 6.73. The van der Waals surface area contributed by atoms with Gasteiger partial charge in [-0.05, 0) is 78.5 Å². The number of aliphatic hydroxyl groups is 1. The van der Waals surface area contributed by atoms with E-state index in [4.69, 9.17) is 0 Å². The topological polar surface area (TPSA) is 40.5 Å². The number of hydrogen-bond donors (Lipinski definition) is 2. The lowest BCUT2D eigenvalue weighted by Gasteiger charge is -2.49. The maximum absolute atomic E-state index is 14.1. The number of aryl methyl sites for hydroxylation is 1. The molecule has 2 saturated carbocycles. The molecule has 0 saturated heterocycles. The molecule has 120 valence electrons. The van der Waals surface area contributed by atoms with Crippen LogP contribution in [0.1, 0.15) is 49.7 Å². The van der Waals surface area contributed by atoms with Crippen LogP contribution < -0.4 is 0 Å². The Hall–Kier alpha value is -1.16. The van der Waals surface area contributed by atoms with Crippen molar-refractivity contribution >= 4 is 0 Å². The van der Waals surface area contributed by atoms with Crippen LogP contribution in [-0.4, -0.2) is 22.5 Å². The van der Waals surface area contributed by atoms with Crippen LogP contribution in [0.25, 0.3) is 0 Å². The van der Waals surface area contributed by atoms with Gasteiger partial charge in [0.25, 0.3) is 0 Å². The van der Waals surface area contributed by atoms with Crippen LogP contribution in [0.3, 0.4) is 0 Å². The van der Waals surface area contributed by atoms with Gasteiger partial charge in [0, 0.05) is 0 Å². The molecule has 0 amide bonds. The van der Waals surface area contributed by atoms with Crippen molar-refractivity contribution in [1.82, 2.24) is 0 Å². The van der Waals surface area contributed by atoms with Gasteiger partial charge in [-0.2, -0.15) is 0 Å². The summed E-state index contributed by atoms with van der Waals surface area (Å²) in [6.45, 7) is 2.02. The van der Waals surface area contributed by atoms with Crippen LogP contribution >= 0.6 is 0 Å². The minimum Gasteiger partial charge on any atom is -0.505 e. The quantitative estimate of drug-likeness (QED) is 0.767. The molecule has 0 unspecified atom stereocenters. The maximum atomic E-state index is 14.1. The molecule has 0 heterocycles. The van der Waals surface area contributed by atoms with Crippen molar-refractivity contribution in [3.63, 3.8) is 0 Å². The lowest BCUT2D eigenvalue weighted by atomic mass is 9.55. The molecule has 3 aliphatic rings. The summed E-state index contributed by atoms with van der Waals surface area (Å²) < 4.78 is 27.9. The number of aliphatic hydroxyl groups excluding tert-OH is 1. The van der Waals surface area contributed by atoms with Crippen molar-refractivity contribution in [3.05, 3.63) is 29.1 Å². The molecule has 0 spiro atoms. The molecule has 3 aliphatic carbocycles. The summed E-state index contributed by atoms with van der Waals surface area (Å²) in [4.78, 5) is 0. The number of hydrogen-bond acceptors (Lipinski definition) is 2. The number of rotatable bonds is 0. The first-order valence-electron chi connectivity index (χ1n) is 8.25. The Morgan fingerprint density at radius 2 is 2.05 bits per heavy atom. The first-order valence-corrected chi connectivity index (χ1v) is 8.25. The van der Waals surface area contributed by atoms with Crippen molar-refractivity contribution in [2.75, 3.05) is 0 Å². The average Bonchev–Trinajstić information content (AvgIpc) is 2.72. The predicted octanol–water partition coefficient (Wildman–Crippen LogP) is 3.70. The number of phenolic OH excluding ortho intramolecular Hbond substituents is 1. The number of fused-ring (bicyclic) bond motifs is 5. The zero-order chi connectivity index (χ0) is 15.6. The van der Waals surface area contributed by atoms with Gasteiger partial charge in [-0.3, -0.25) is 0 Å². The zero-order valence-electron chi connectivity index (χ0n) is 12.7. The molecule has 0 radical (unpaired) electrons. The van der Waals surface area contributed by atoms with E-state index in [1.54, 1.807) is 6.07 Å². The average molecular weight is 308 g/mol. The van der Waals surface area contributed by atoms with Crippen molar-refractivity contribution < 1.29 is 19.0 Å². The molecule has 2 fully saturated rings. The van der Waals surface area contributed by atoms with Crippen molar-refractivity contribution in [3.8, 4) is 5.75 Å². The second kappa shape index (κ2) is 4.67. The first-order chi connectivity index (χ1) is 10.4. The lowest BCUT2D eigenvalue weighted by Crippen LogP contribution is -2.44. The standard InChI is InChI=1S/C18H22F2O2/c1-18-5-4-10-11(13(18)8-15(20)17(18)22)3-2-9-6-16(21)14(19)7-12(9)10/h6-7,10-11,13,15,17,21-22H,2-5,8H2,1H3/t10-,11+,13-,15+,17-,18-/m0/s1. The SMILES string of the molecule is C[C@]12CC[C@@H]3c4cc(F)c(O)cc4CC[C@H]3[C@@H]1C[C@@H](F)[C@@H]2O. The summed E-state index contributed by atoms with van der Waals surface area (Å²) in [5, 5.41) is 19.8. The van der Waals surface area contributed by atoms with E-state index in [9.17, 15) is 19.0 Å². The van der Waals surface area contributed by atoms with Gasteiger partial charge >= 0.3 is 0 Å². The highest BCUT2D eigenvalue weighted by atomic mass is 19.1. The molecule has 0 aliphatic heterocycles. The molecule has 0 bridgehead atoms. The summed E-state index contributed by atoms with van der Waals surface area (Å²) in [7, 11) is 0. The smallest absolute Gasteiger partial charge is 0.165 e. The molecule has 2 nitrogen and oxygen atoms in total. The van der Waals surface area contributed by atoms with Crippen LogP contribution in [0.5, 0.6) is 5.75 Å². The second-order valence-electron chi connectivity index (χ2n) is 7.66. The van der Waals surface area contributed by atoms with Crippen molar-refractivity contribution in [2.45, 2.75) is 57.2 Å². The third kappa shape index (κ3) is 1.79. The molecule has 1 aromatic carbocycles. The Bertz CT molecular complexity index is 617. The van der Waals surface area contributed by atoms with Gasteiger partial charge in [0.2, 0.25) is 0 Å². The van der Waals surface area contributed by atoms with Crippen LogP contribution in [0.2, 0.25) is 0 Å². The fourth-order valence-electron chi connectivity index (χ4n) is 5.52. The van der Waals surface area contributed by atoms with E-state index < -0.39 is 18.1 Å². The predicted molar refractivity (Wildman–Crippen MR) is 79.0 cm³/mol. The van der Waals surface area contributed by atoms with E-state index in [1.807, 2.05) is 6.92 Å². The van der Waals surface area contributed by atoms with Gasteiger partial charge < -0.3 is 10.2 Å². The summed E-state index contributed by atoms with van der Waals surface area (Å²) in [5.74, 6) is -0.137. The third-order valence-electron chi connectivity index (χ3n) is 6.73. The minimum atomic E-state index is -1.13.